The maximum absolute atomic E-state index is 11.6. The zero-order valence-corrected chi connectivity index (χ0v) is 10.1. The molecule has 4 nitrogen and oxygen atoms in total. The molecule has 2 aliphatic rings. The molecule has 0 spiro atoms. The molecule has 0 aromatic rings. The zero-order valence-electron chi connectivity index (χ0n) is 10.1. The second-order valence-electron chi connectivity index (χ2n) is 4.93. The topological polar surface area (TPSA) is 41.6 Å². The van der Waals surface area contributed by atoms with Crippen molar-refractivity contribution in [1.29, 1.82) is 0 Å². The van der Waals surface area contributed by atoms with Crippen molar-refractivity contribution >= 4 is 5.91 Å². The number of hydrogen-bond donors (Lipinski definition) is 1. The molecule has 1 aliphatic carbocycles. The third kappa shape index (κ3) is 3.46. The number of rotatable bonds is 7. The van der Waals surface area contributed by atoms with Gasteiger partial charge in [0, 0.05) is 26.8 Å². The largest absolute Gasteiger partial charge is 0.381 e. The quantitative estimate of drug-likeness (QED) is 0.647. The summed E-state index contributed by atoms with van der Waals surface area (Å²) >= 11 is 0. The van der Waals surface area contributed by atoms with Gasteiger partial charge in [-0.25, -0.2) is 0 Å². The van der Waals surface area contributed by atoms with Gasteiger partial charge in [-0.15, -0.1) is 0 Å². The highest BCUT2D eigenvalue weighted by atomic mass is 16.5. The Morgan fingerprint density at radius 1 is 1.44 bits per heavy atom. The van der Waals surface area contributed by atoms with E-state index in [4.69, 9.17) is 4.74 Å². The Kier molecular flexibility index (Phi) is 4.18. The molecule has 92 valence electrons. The van der Waals surface area contributed by atoms with Gasteiger partial charge in [0.25, 0.3) is 0 Å². The Balaban J connectivity index is 1.46. The van der Waals surface area contributed by atoms with Gasteiger partial charge < -0.3 is 15.0 Å². The van der Waals surface area contributed by atoms with E-state index in [1.807, 2.05) is 7.05 Å². The molecular weight excluding hydrogens is 204 g/mol. The van der Waals surface area contributed by atoms with Gasteiger partial charge in [-0.1, -0.05) is 0 Å². The average molecular weight is 226 g/mol. The van der Waals surface area contributed by atoms with Crippen LogP contribution in [0, 0.1) is 5.92 Å². The Labute approximate surface area is 97.3 Å². The molecule has 0 aromatic carbocycles. The number of likely N-dealkylation sites (N-methyl/N-ethyl adjacent to an activating group) is 1. The van der Waals surface area contributed by atoms with Crippen LogP contribution in [0.4, 0.5) is 0 Å². The molecule has 1 atom stereocenters. The number of nitrogens with one attached hydrogen (secondary N) is 1. The van der Waals surface area contributed by atoms with Crippen molar-refractivity contribution in [3.63, 3.8) is 0 Å². The van der Waals surface area contributed by atoms with Crippen LogP contribution in [0.25, 0.3) is 0 Å². The number of ether oxygens (including phenoxy) is 1. The van der Waals surface area contributed by atoms with Crippen molar-refractivity contribution in [2.75, 3.05) is 33.4 Å². The monoisotopic (exact) mass is 226 g/mol. The molecule has 1 unspecified atom stereocenters. The Morgan fingerprint density at radius 3 is 2.88 bits per heavy atom. The molecule has 16 heavy (non-hydrogen) atoms. The van der Waals surface area contributed by atoms with Crippen LogP contribution in [0.1, 0.15) is 25.7 Å². The molecular formula is C12H22N2O2. The molecule has 1 saturated carbocycles. The van der Waals surface area contributed by atoms with E-state index in [9.17, 15) is 4.79 Å². The van der Waals surface area contributed by atoms with Crippen molar-refractivity contribution in [2.24, 2.45) is 5.92 Å². The molecule has 2 rings (SSSR count). The maximum atomic E-state index is 11.6. The minimum absolute atomic E-state index is 0.0495. The average Bonchev–Trinajstić information content (AvgIpc) is 3.04. The molecule has 1 saturated heterocycles. The Bertz CT molecular complexity index is 241. The lowest BCUT2D eigenvalue weighted by atomic mass is 10.2. The predicted molar refractivity (Wildman–Crippen MR) is 62.2 cm³/mol. The van der Waals surface area contributed by atoms with E-state index in [2.05, 4.69) is 5.32 Å². The summed E-state index contributed by atoms with van der Waals surface area (Å²) in [6, 6.07) is 0.0495. The first kappa shape index (κ1) is 11.9. The number of carbonyl (C=O) groups excluding carboxylic acids is 1. The van der Waals surface area contributed by atoms with Crippen LogP contribution in [-0.4, -0.2) is 50.2 Å². The molecule has 1 heterocycles. The van der Waals surface area contributed by atoms with Crippen LogP contribution >= 0.6 is 0 Å². The summed E-state index contributed by atoms with van der Waals surface area (Å²) in [5.41, 5.74) is 0. The van der Waals surface area contributed by atoms with E-state index in [1.165, 1.54) is 12.8 Å². The molecule has 1 aliphatic heterocycles. The SMILES string of the molecule is CN1CCC(NCCCOCC2CC2)C1=O. The zero-order chi connectivity index (χ0) is 11.4. The number of likely N-dealkylation sites (tertiary alicyclic amines) is 1. The first-order valence-corrected chi connectivity index (χ1v) is 6.33. The number of nitrogens with zero attached hydrogens (tertiary/aromatic N) is 1. The molecule has 0 radical (unpaired) electrons. The summed E-state index contributed by atoms with van der Waals surface area (Å²) in [5, 5.41) is 3.29. The Morgan fingerprint density at radius 2 is 2.25 bits per heavy atom. The number of carbonyl (C=O) groups is 1. The second kappa shape index (κ2) is 5.64. The highest BCUT2D eigenvalue weighted by molar-refractivity contribution is 5.83. The lowest BCUT2D eigenvalue weighted by Gasteiger charge is -2.12. The summed E-state index contributed by atoms with van der Waals surface area (Å²) in [7, 11) is 1.86. The third-order valence-electron chi connectivity index (χ3n) is 3.33. The third-order valence-corrected chi connectivity index (χ3v) is 3.33. The molecule has 4 heteroatoms. The van der Waals surface area contributed by atoms with E-state index in [0.29, 0.717) is 0 Å². The van der Waals surface area contributed by atoms with Gasteiger partial charge in [0.2, 0.25) is 5.91 Å². The number of hydrogen-bond acceptors (Lipinski definition) is 3. The Hall–Kier alpha value is -0.610. The lowest BCUT2D eigenvalue weighted by Crippen LogP contribution is -2.37. The molecule has 0 bridgehead atoms. The second-order valence-corrected chi connectivity index (χ2v) is 4.93. The number of amides is 1. The van der Waals surface area contributed by atoms with Gasteiger partial charge in [0.05, 0.1) is 6.04 Å². The fraction of sp³-hybridized carbons (Fsp3) is 0.917. The summed E-state index contributed by atoms with van der Waals surface area (Å²) < 4.78 is 5.53. The lowest BCUT2D eigenvalue weighted by molar-refractivity contribution is -0.128. The summed E-state index contributed by atoms with van der Waals surface area (Å²) in [6.07, 6.45) is 4.64. The molecule has 1 amide bonds. The molecule has 0 aromatic heterocycles. The fourth-order valence-corrected chi connectivity index (χ4v) is 2.00. The van der Waals surface area contributed by atoms with Crippen LogP contribution in [0.5, 0.6) is 0 Å². The van der Waals surface area contributed by atoms with Crippen LogP contribution in [-0.2, 0) is 9.53 Å². The maximum Gasteiger partial charge on any atom is 0.239 e. The van der Waals surface area contributed by atoms with E-state index in [1.54, 1.807) is 4.90 Å². The highest BCUT2D eigenvalue weighted by Crippen LogP contribution is 2.28. The van der Waals surface area contributed by atoms with Crippen LogP contribution in [0.2, 0.25) is 0 Å². The minimum atomic E-state index is 0.0495. The fourth-order valence-electron chi connectivity index (χ4n) is 2.00. The first-order valence-electron chi connectivity index (χ1n) is 6.33. The molecule has 1 N–H and O–H groups in total. The van der Waals surface area contributed by atoms with Gasteiger partial charge in [-0.2, -0.15) is 0 Å². The summed E-state index contributed by atoms with van der Waals surface area (Å²) in [4.78, 5) is 13.3. The van der Waals surface area contributed by atoms with Crippen LogP contribution < -0.4 is 5.32 Å². The highest BCUT2D eigenvalue weighted by Gasteiger charge is 2.27. The van der Waals surface area contributed by atoms with Crippen molar-refractivity contribution in [3.05, 3.63) is 0 Å². The summed E-state index contributed by atoms with van der Waals surface area (Å²) in [6.45, 7) is 3.52. The smallest absolute Gasteiger partial charge is 0.239 e. The van der Waals surface area contributed by atoms with E-state index >= 15 is 0 Å². The van der Waals surface area contributed by atoms with Gasteiger partial charge >= 0.3 is 0 Å². The van der Waals surface area contributed by atoms with Gasteiger partial charge in [-0.3, -0.25) is 4.79 Å². The van der Waals surface area contributed by atoms with Crippen molar-refractivity contribution < 1.29 is 9.53 Å². The van der Waals surface area contributed by atoms with Gasteiger partial charge in [0.1, 0.15) is 0 Å². The summed E-state index contributed by atoms with van der Waals surface area (Å²) in [5.74, 6) is 1.08. The van der Waals surface area contributed by atoms with Crippen LogP contribution in [0.3, 0.4) is 0 Å². The first-order chi connectivity index (χ1) is 7.77. The van der Waals surface area contributed by atoms with Gasteiger partial charge in [-0.05, 0) is 38.1 Å². The van der Waals surface area contributed by atoms with E-state index in [0.717, 1.165) is 45.1 Å². The van der Waals surface area contributed by atoms with Crippen molar-refractivity contribution in [2.45, 2.75) is 31.7 Å². The van der Waals surface area contributed by atoms with Crippen molar-refractivity contribution in [3.8, 4) is 0 Å². The van der Waals surface area contributed by atoms with Crippen molar-refractivity contribution in [1.82, 2.24) is 10.2 Å². The normalized spacial score (nSPS) is 25.4. The predicted octanol–water partition coefficient (Wildman–Crippen LogP) is 0.623. The van der Waals surface area contributed by atoms with Gasteiger partial charge in [0.15, 0.2) is 0 Å². The van der Waals surface area contributed by atoms with E-state index in [-0.39, 0.29) is 11.9 Å². The van der Waals surface area contributed by atoms with Crippen LogP contribution in [0.15, 0.2) is 0 Å². The molecule has 2 fully saturated rings. The van der Waals surface area contributed by atoms with E-state index < -0.39 is 0 Å². The minimum Gasteiger partial charge on any atom is -0.381 e. The standard InChI is InChI=1S/C12H22N2O2/c1-14-7-5-11(12(14)15)13-6-2-8-16-9-10-3-4-10/h10-11,13H,2-9H2,1H3.